The van der Waals surface area contributed by atoms with Gasteiger partial charge >= 0.3 is 0 Å². The summed E-state index contributed by atoms with van der Waals surface area (Å²) in [5.41, 5.74) is -0.444. The van der Waals surface area contributed by atoms with Crippen LogP contribution in [0.3, 0.4) is 0 Å². The number of hydrogen-bond donors (Lipinski definition) is 2. The average molecular weight is 600 g/mol. The second-order valence-electron chi connectivity index (χ2n) is 11.8. The summed E-state index contributed by atoms with van der Waals surface area (Å²) in [6.45, 7) is 3.23. The fraction of sp³-hybridized carbons (Fsp3) is 0.633. The predicted molar refractivity (Wildman–Crippen MR) is 152 cm³/mol. The van der Waals surface area contributed by atoms with Gasteiger partial charge < -0.3 is 25.2 Å². The molecule has 5 aliphatic rings. The number of rotatable bonds is 7. The molecular weight excluding hydrogens is 560 g/mol. The first-order valence-corrected chi connectivity index (χ1v) is 15.5. The van der Waals surface area contributed by atoms with Gasteiger partial charge in [-0.2, -0.15) is 0 Å². The smallest absolute Gasteiger partial charge is 0.246 e. The molecule has 9 heteroatoms. The second-order valence-corrected chi connectivity index (χ2v) is 12.7. The Morgan fingerprint density at radius 3 is 2.36 bits per heavy atom. The summed E-state index contributed by atoms with van der Waals surface area (Å²) in [6.07, 6.45) is 13.4. The van der Waals surface area contributed by atoms with E-state index in [0.29, 0.717) is 12.2 Å². The van der Waals surface area contributed by atoms with Gasteiger partial charge in [0.25, 0.3) is 0 Å². The van der Waals surface area contributed by atoms with Crippen molar-refractivity contribution < 1.29 is 19.1 Å². The molecule has 1 aliphatic carbocycles. The van der Waals surface area contributed by atoms with Crippen LogP contribution in [0.1, 0.15) is 57.8 Å². The average Bonchev–Trinajstić information content (AvgIpc) is 3.48. The quantitative estimate of drug-likeness (QED) is 0.465. The molecule has 1 spiro atoms. The SMILES string of the molecule is O=C(Nc1ccc(Br)cc1)[C@H]1[C@@H]2C=C[C@]3(O2)[C@@H]1C(=O)N(CCN1CCCCCC1)[C@@H]3C(=O)NC1CCCCC1. The van der Waals surface area contributed by atoms with Crippen LogP contribution >= 0.6 is 15.9 Å². The van der Waals surface area contributed by atoms with Gasteiger partial charge in [-0.15, -0.1) is 0 Å². The van der Waals surface area contributed by atoms with Crippen LogP contribution in [0.15, 0.2) is 40.9 Å². The number of hydrogen-bond acceptors (Lipinski definition) is 5. The van der Waals surface area contributed by atoms with Crippen LogP contribution in [0.25, 0.3) is 0 Å². The number of carbonyl (C=O) groups is 3. The molecule has 6 rings (SSSR count). The first-order chi connectivity index (χ1) is 19.0. The maximum atomic E-state index is 14.2. The molecule has 3 saturated heterocycles. The third kappa shape index (κ3) is 5.18. The molecule has 5 atom stereocenters. The zero-order valence-electron chi connectivity index (χ0n) is 22.4. The Kier molecular flexibility index (Phi) is 7.84. The Morgan fingerprint density at radius 1 is 0.949 bits per heavy atom. The monoisotopic (exact) mass is 598 g/mol. The van der Waals surface area contributed by atoms with Crippen LogP contribution in [-0.4, -0.2) is 77.5 Å². The summed E-state index contributed by atoms with van der Waals surface area (Å²) < 4.78 is 7.41. The zero-order chi connectivity index (χ0) is 27.0. The normalized spacial score (nSPS) is 32.7. The van der Waals surface area contributed by atoms with E-state index in [1.165, 1.54) is 19.3 Å². The molecule has 1 aromatic carbocycles. The molecule has 4 heterocycles. The lowest BCUT2D eigenvalue weighted by Gasteiger charge is -2.35. The minimum Gasteiger partial charge on any atom is -0.359 e. The van der Waals surface area contributed by atoms with Gasteiger partial charge in [0.15, 0.2) is 0 Å². The van der Waals surface area contributed by atoms with Crippen LogP contribution in [0.2, 0.25) is 0 Å². The van der Waals surface area contributed by atoms with Gasteiger partial charge in [-0.25, -0.2) is 0 Å². The molecule has 1 saturated carbocycles. The summed E-state index contributed by atoms with van der Waals surface area (Å²) in [5.74, 6) is -1.93. The Morgan fingerprint density at radius 2 is 1.64 bits per heavy atom. The minimum atomic E-state index is -1.11. The largest absolute Gasteiger partial charge is 0.359 e. The Labute approximate surface area is 239 Å². The Balaban J connectivity index is 1.26. The molecule has 1 aromatic rings. The number of likely N-dealkylation sites (tertiary alicyclic amines) is 2. The van der Waals surface area contributed by atoms with Crippen molar-refractivity contribution in [3.63, 3.8) is 0 Å². The van der Waals surface area contributed by atoms with E-state index >= 15 is 0 Å². The van der Waals surface area contributed by atoms with E-state index in [2.05, 4.69) is 31.5 Å². The summed E-state index contributed by atoms with van der Waals surface area (Å²) in [7, 11) is 0. The van der Waals surface area contributed by atoms with Crippen molar-refractivity contribution in [3.05, 3.63) is 40.9 Å². The van der Waals surface area contributed by atoms with Gasteiger partial charge in [0.1, 0.15) is 11.6 Å². The number of anilines is 1. The van der Waals surface area contributed by atoms with Gasteiger partial charge in [0.05, 0.1) is 17.9 Å². The minimum absolute atomic E-state index is 0.128. The van der Waals surface area contributed by atoms with Crippen molar-refractivity contribution in [3.8, 4) is 0 Å². The lowest BCUT2D eigenvalue weighted by atomic mass is 9.74. The number of amides is 3. The highest BCUT2D eigenvalue weighted by atomic mass is 79.9. The number of carbonyl (C=O) groups excluding carboxylic acids is 3. The molecule has 0 aromatic heterocycles. The molecule has 4 fully saturated rings. The number of nitrogens with zero attached hydrogens (tertiary/aromatic N) is 2. The van der Waals surface area contributed by atoms with E-state index in [1.54, 1.807) is 4.90 Å². The summed E-state index contributed by atoms with van der Waals surface area (Å²) in [5, 5.41) is 6.26. The van der Waals surface area contributed by atoms with E-state index in [4.69, 9.17) is 4.74 Å². The lowest BCUT2D eigenvalue weighted by Crippen LogP contribution is -2.57. The summed E-state index contributed by atoms with van der Waals surface area (Å²) in [6, 6.07) is 6.74. The molecule has 2 bridgehead atoms. The van der Waals surface area contributed by atoms with Crippen LogP contribution in [0.4, 0.5) is 5.69 Å². The van der Waals surface area contributed by atoms with Gasteiger partial charge in [0, 0.05) is 29.3 Å². The third-order valence-electron chi connectivity index (χ3n) is 9.34. The van der Waals surface area contributed by atoms with Crippen molar-refractivity contribution in [1.29, 1.82) is 0 Å². The first kappa shape index (κ1) is 27.0. The maximum absolute atomic E-state index is 14.2. The molecule has 8 nitrogen and oxygen atoms in total. The highest BCUT2D eigenvalue weighted by Crippen LogP contribution is 2.55. The fourth-order valence-corrected chi connectivity index (χ4v) is 7.67. The van der Waals surface area contributed by atoms with Gasteiger partial charge in [0.2, 0.25) is 17.7 Å². The second kappa shape index (κ2) is 11.3. The lowest BCUT2D eigenvalue weighted by molar-refractivity contribution is -0.141. The van der Waals surface area contributed by atoms with Crippen molar-refractivity contribution in [2.75, 3.05) is 31.5 Å². The van der Waals surface area contributed by atoms with Gasteiger partial charge in [-0.3, -0.25) is 14.4 Å². The molecule has 3 amide bonds. The molecule has 39 heavy (non-hydrogen) atoms. The standard InChI is InChI=1S/C30H39BrN4O4/c31-20-10-12-22(13-11-20)32-27(36)24-23-14-15-30(39-23)25(24)29(38)35(19-18-34-16-6-1-2-7-17-34)26(30)28(37)33-21-8-4-3-5-9-21/h10-15,21,23-26H,1-9,16-19H2,(H,32,36)(H,33,37)/t23-,24-,25-,26+,30-/m0/s1. The molecule has 2 N–H and O–H groups in total. The van der Waals surface area contributed by atoms with E-state index in [0.717, 1.165) is 62.6 Å². The van der Waals surface area contributed by atoms with E-state index in [9.17, 15) is 14.4 Å². The highest BCUT2D eigenvalue weighted by molar-refractivity contribution is 9.10. The molecule has 210 valence electrons. The van der Waals surface area contributed by atoms with Crippen LogP contribution in [0, 0.1) is 11.8 Å². The van der Waals surface area contributed by atoms with Crippen LogP contribution < -0.4 is 10.6 Å². The Bertz CT molecular complexity index is 1110. The number of halogens is 1. The van der Waals surface area contributed by atoms with Crippen LogP contribution in [-0.2, 0) is 19.1 Å². The van der Waals surface area contributed by atoms with Gasteiger partial charge in [-0.1, -0.05) is 60.2 Å². The molecule has 0 radical (unpaired) electrons. The van der Waals surface area contributed by atoms with Crippen LogP contribution in [0.5, 0.6) is 0 Å². The zero-order valence-corrected chi connectivity index (χ0v) is 24.0. The fourth-order valence-electron chi connectivity index (χ4n) is 7.40. The first-order valence-electron chi connectivity index (χ1n) is 14.7. The Hall–Kier alpha value is -2.23. The van der Waals surface area contributed by atoms with E-state index < -0.39 is 29.6 Å². The molecule has 4 aliphatic heterocycles. The van der Waals surface area contributed by atoms with Crippen molar-refractivity contribution >= 4 is 39.3 Å². The van der Waals surface area contributed by atoms with Crippen molar-refractivity contribution in [2.24, 2.45) is 11.8 Å². The highest BCUT2D eigenvalue weighted by Gasteiger charge is 2.72. The molecule has 0 unspecified atom stereocenters. The number of fused-ring (bicyclic) bond motifs is 1. The predicted octanol–water partition coefficient (Wildman–Crippen LogP) is 3.86. The summed E-state index contributed by atoms with van der Waals surface area (Å²) >= 11 is 3.42. The number of nitrogens with one attached hydrogen (secondary N) is 2. The third-order valence-corrected chi connectivity index (χ3v) is 9.87. The summed E-state index contributed by atoms with van der Waals surface area (Å²) in [4.78, 5) is 45.9. The van der Waals surface area contributed by atoms with Crippen molar-refractivity contribution in [2.45, 2.75) is 81.6 Å². The number of benzene rings is 1. The van der Waals surface area contributed by atoms with Gasteiger partial charge in [-0.05, 0) is 63.0 Å². The maximum Gasteiger partial charge on any atom is 0.246 e. The van der Waals surface area contributed by atoms with E-state index in [1.807, 2.05) is 36.4 Å². The topological polar surface area (TPSA) is 91.0 Å². The molecular formula is C30H39BrN4O4. The van der Waals surface area contributed by atoms with Crippen molar-refractivity contribution in [1.82, 2.24) is 15.1 Å². The van der Waals surface area contributed by atoms with E-state index in [-0.39, 0.29) is 23.8 Å². The number of ether oxygens (including phenoxy) is 1.